The van der Waals surface area contributed by atoms with E-state index in [9.17, 15) is 4.79 Å². The van der Waals surface area contributed by atoms with Crippen molar-refractivity contribution in [1.82, 2.24) is 9.55 Å². The van der Waals surface area contributed by atoms with Gasteiger partial charge in [-0.2, -0.15) is 0 Å². The highest BCUT2D eigenvalue weighted by atomic mass is 35.5. The van der Waals surface area contributed by atoms with Crippen molar-refractivity contribution in [3.05, 3.63) is 60.6 Å². The monoisotopic (exact) mass is 292 g/mol. The van der Waals surface area contributed by atoms with Crippen LogP contribution in [0.25, 0.3) is 16.6 Å². The molecule has 0 bridgehead atoms. The first-order chi connectivity index (χ1) is 8.75. The summed E-state index contributed by atoms with van der Waals surface area (Å²) in [5, 5.41) is 0.601. The molecule has 5 heteroatoms. The van der Waals surface area contributed by atoms with Crippen LogP contribution < -0.4 is 0 Å². The molecular weight excluding hydrogens is 283 g/mol. The number of para-hydroxylation sites is 1. The first-order valence-corrected chi connectivity index (χ1v) is 5.85. The lowest BCUT2D eigenvalue weighted by atomic mass is 10.2. The number of aromatic nitrogens is 2. The molecule has 0 radical (unpaired) electrons. The Morgan fingerprint density at radius 1 is 1.16 bits per heavy atom. The minimum absolute atomic E-state index is 0. The second-order valence-corrected chi connectivity index (χ2v) is 4.28. The van der Waals surface area contributed by atoms with Gasteiger partial charge in [-0.15, -0.1) is 12.4 Å². The average Bonchev–Trinajstić information content (AvgIpc) is 2.87. The molecule has 96 valence electrons. The Morgan fingerprint density at radius 2 is 1.95 bits per heavy atom. The fourth-order valence-electron chi connectivity index (χ4n) is 1.96. The van der Waals surface area contributed by atoms with E-state index in [-0.39, 0.29) is 12.4 Å². The zero-order valence-corrected chi connectivity index (χ0v) is 11.4. The van der Waals surface area contributed by atoms with Crippen LogP contribution in [0.4, 0.5) is 0 Å². The second kappa shape index (κ2) is 5.43. The van der Waals surface area contributed by atoms with E-state index < -0.39 is 5.24 Å². The maximum Gasteiger partial charge on any atom is 0.253 e. The van der Waals surface area contributed by atoms with Gasteiger partial charge in [0, 0.05) is 24.0 Å². The number of benzene rings is 1. The largest absolute Gasteiger partial charge is 0.321 e. The first-order valence-electron chi connectivity index (χ1n) is 5.47. The number of hydrogen-bond acceptors (Lipinski definition) is 2. The Balaban J connectivity index is 0.00000133. The molecule has 0 aliphatic rings. The van der Waals surface area contributed by atoms with Gasteiger partial charge < -0.3 is 4.57 Å². The summed E-state index contributed by atoms with van der Waals surface area (Å²) in [5.74, 6) is 0. The van der Waals surface area contributed by atoms with E-state index in [2.05, 4.69) is 4.98 Å². The molecule has 19 heavy (non-hydrogen) atoms. The van der Waals surface area contributed by atoms with Crippen LogP contribution in [0.2, 0.25) is 0 Å². The average molecular weight is 293 g/mol. The maximum atomic E-state index is 11.1. The molecular formula is C14H10Cl2N2O. The lowest BCUT2D eigenvalue weighted by Gasteiger charge is -2.06. The van der Waals surface area contributed by atoms with Crippen LogP contribution in [0.3, 0.4) is 0 Å². The normalized spacial score (nSPS) is 10.2. The Bertz CT molecular complexity index is 732. The highest BCUT2D eigenvalue weighted by molar-refractivity contribution is 6.67. The minimum Gasteiger partial charge on any atom is -0.321 e. The molecule has 0 saturated carbocycles. The van der Waals surface area contributed by atoms with Gasteiger partial charge in [-0.3, -0.25) is 9.78 Å². The van der Waals surface area contributed by atoms with Crippen LogP contribution in [0.15, 0.2) is 55.0 Å². The van der Waals surface area contributed by atoms with Gasteiger partial charge in [0.25, 0.3) is 5.24 Å². The fourth-order valence-corrected chi connectivity index (χ4v) is 2.07. The van der Waals surface area contributed by atoms with E-state index >= 15 is 0 Å². The first kappa shape index (κ1) is 13.6. The molecule has 3 rings (SSSR count). The zero-order chi connectivity index (χ0) is 12.5. The predicted molar refractivity (Wildman–Crippen MR) is 78.5 cm³/mol. The van der Waals surface area contributed by atoms with E-state index in [1.165, 1.54) is 0 Å². The van der Waals surface area contributed by atoms with Crippen molar-refractivity contribution >= 4 is 40.2 Å². The Morgan fingerprint density at radius 3 is 2.68 bits per heavy atom. The second-order valence-electron chi connectivity index (χ2n) is 3.93. The molecule has 3 nitrogen and oxygen atoms in total. The molecule has 0 aliphatic heterocycles. The smallest absolute Gasteiger partial charge is 0.253 e. The van der Waals surface area contributed by atoms with E-state index in [1.807, 2.05) is 34.9 Å². The number of halogens is 2. The quantitative estimate of drug-likeness (QED) is 0.673. The van der Waals surface area contributed by atoms with E-state index in [4.69, 9.17) is 11.6 Å². The Labute approximate surface area is 121 Å². The van der Waals surface area contributed by atoms with E-state index in [0.29, 0.717) is 5.56 Å². The molecule has 0 aliphatic carbocycles. The number of carbonyl (C=O) groups is 1. The van der Waals surface area contributed by atoms with Crippen molar-refractivity contribution in [3.8, 4) is 5.69 Å². The lowest BCUT2D eigenvalue weighted by molar-refractivity contribution is 0.108. The molecule has 0 unspecified atom stereocenters. The molecule has 0 fully saturated rings. The minimum atomic E-state index is -0.457. The van der Waals surface area contributed by atoms with Crippen molar-refractivity contribution in [1.29, 1.82) is 0 Å². The van der Waals surface area contributed by atoms with Crippen molar-refractivity contribution in [2.45, 2.75) is 0 Å². The number of nitrogens with zero attached hydrogens (tertiary/aromatic N) is 2. The van der Waals surface area contributed by atoms with Gasteiger partial charge in [0.15, 0.2) is 0 Å². The zero-order valence-electron chi connectivity index (χ0n) is 9.79. The van der Waals surface area contributed by atoms with E-state index in [1.54, 1.807) is 24.7 Å². The highest BCUT2D eigenvalue weighted by Gasteiger charge is 2.07. The lowest BCUT2D eigenvalue weighted by Crippen LogP contribution is -1.93. The predicted octanol–water partition coefficient (Wildman–Crippen LogP) is 3.83. The molecule has 1 aromatic carbocycles. The number of carbonyl (C=O) groups excluding carboxylic acids is 1. The number of rotatable bonds is 2. The molecule has 0 saturated heterocycles. The van der Waals surface area contributed by atoms with Crippen LogP contribution in [-0.4, -0.2) is 14.8 Å². The summed E-state index contributed by atoms with van der Waals surface area (Å²) in [6, 6.07) is 11.5. The van der Waals surface area contributed by atoms with Gasteiger partial charge in [0.2, 0.25) is 0 Å². The van der Waals surface area contributed by atoms with Crippen LogP contribution in [0, 0.1) is 0 Å². The SMILES string of the molecule is Cl.O=C(Cl)c1ccn(-c2cccc3cccnc23)c1. The van der Waals surface area contributed by atoms with Gasteiger partial charge in [-0.1, -0.05) is 18.2 Å². The van der Waals surface area contributed by atoms with Crippen molar-refractivity contribution in [3.63, 3.8) is 0 Å². The number of hydrogen-bond donors (Lipinski definition) is 0. The maximum absolute atomic E-state index is 11.1. The number of fused-ring (bicyclic) bond motifs is 1. The van der Waals surface area contributed by atoms with Gasteiger partial charge in [-0.05, 0) is 29.8 Å². The van der Waals surface area contributed by atoms with Crippen molar-refractivity contribution < 1.29 is 4.79 Å². The molecule has 0 amide bonds. The summed E-state index contributed by atoms with van der Waals surface area (Å²) in [7, 11) is 0. The topological polar surface area (TPSA) is 34.9 Å². The van der Waals surface area contributed by atoms with Crippen LogP contribution in [0.1, 0.15) is 10.4 Å². The number of pyridine rings is 1. The Kier molecular flexibility index (Phi) is 3.88. The summed E-state index contributed by atoms with van der Waals surface area (Å²) in [5.41, 5.74) is 2.30. The summed E-state index contributed by atoms with van der Waals surface area (Å²) < 4.78 is 1.85. The van der Waals surface area contributed by atoms with Crippen LogP contribution in [0.5, 0.6) is 0 Å². The molecule has 0 spiro atoms. The van der Waals surface area contributed by atoms with Gasteiger partial charge >= 0.3 is 0 Å². The third-order valence-corrected chi connectivity index (χ3v) is 3.03. The van der Waals surface area contributed by atoms with Crippen LogP contribution in [-0.2, 0) is 0 Å². The van der Waals surface area contributed by atoms with Crippen molar-refractivity contribution in [2.75, 3.05) is 0 Å². The summed E-state index contributed by atoms with van der Waals surface area (Å²) in [6.45, 7) is 0. The molecule has 2 aromatic heterocycles. The third kappa shape index (κ3) is 2.48. The summed E-state index contributed by atoms with van der Waals surface area (Å²) in [6.07, 6.45) is 5.26. The Hall–Kier alpha value is -1.84. The van der Waals surface area contributed by atoms with Gasteiger partial charge in [0.05, 0.1) is 16.8 Å². The van der Waals surface area contributed by atoms with Crippen molar-refractivity contribution in [2.24, 2.45) is 0 Å². The summed E-state index contributed by atoms with van der Waals surface area (Å²) in [4.78, 5) is 15.5. The molecule has 2 heterocycles. The highest BCUT2D eigenvalue weighted by Crippen LogP contribution is 2.21. The standard InChI is InChI=1S/C14H9ClN2O.ClH/c15-14(18)11-6-8-17(9-11)12-5-1-3-10-4-2-7-16-13(10)12;/h1-9H;1H. The molecule has 3 aromatic rings. The van der Waals surface area contributed by atoms with E-state index in [0.717, 1.165) is 16.6 Å². The third-order valence-electron chi connectivity index (χ3n) is 2.81. The van der Waals surface area contributed by atoms with Gasteiger partial charge in [0.1, 0.15) is 0 Å². The molecule has 0 N–H and O–H groups in total. The van der Waals surface area contributed by atoms with Gasteiger partial charge in [-0.25, -0.2) is 0 Å². The fraction of sp³-hybridized carbons (Fsp3) is 0. The van der Waals surface area contributed by atoms with Crippen LogP contribution >= 0.6 is 24.0 Å². The summed E-state index contributed by atoms with van der Waals surface area (Å²) >= 11 is 5.45. The molecule has 0 atom stereocenters.